The van der Waals surface area contributed by atoms with Gasteiger partial charge in [0.05, 0.1) is 12.4 Å². The Balaban J connectivity index is 1.97. The summed E-state index contributed by atoms with van der Waals surface area (Å²) in [5.74, 6) is 0.457. The first-order valence-corrected chi connectivity index (χ1v) is 7.75. The highest BCUT2D eigenvalue weighted by Crippen LogP contribution is 2.39. The molecule has 104 valence electrons. The van der Waals surface area contributed by atoms with Crippen LogP contribution in [0.4, 0.5) is 5.82 Å². The lowest BCUT2D eigenvalue weighted by atomic mass is 10.1. The Hall–Kier alpha value is -1.30. The van der Waals surface area contributed by atoms with E-state index in [0.29, 0.717) is 18.1 Å². The molecule has 19 heavy (non-hydrogen) atoms. The minimum absolute atomic E-state index is 0.148. The second-order valence-corrected chi connectivity index (χ2v) is 6.09. The molecule has 1 aliphatic carbocycles. The van der Waals surface area contributed by atoms with E-state index < -0.39 is 0 Å². The van der Waals surface area contributed by atoms with Crippen molar-refractivity contribution in [2.45, 2.75) is 30.4 Å². The van der Waals surface area contributed by atoms with Crippen LogP contribution in [0.3, 0.4) is 0 Å². The van der Waals surface area contributed by atoms with Crippen molar-refractivity contribution in [2.24, 2.45) is 0 Å². The maximum absolute atomic E-state index is 12.1. The molecule has 0 aromatic carbocycles. The molecule has 0 atom stereocenters. The molecule has 1 fully saturated rings. The number of nitrogens with zero attached hydrogens (tertiary/aromatic N) is 2. The third-order valence-corrected chi connectivity index (χ3v) is 5.06. The summed E-state index contributed by atoms with van der Waals surface area (Å²) in [7, 11) is 1.76. The summed E-state index contributed by atoms with van der Waals surface area (Å²) < 4.78 is 0.212. The summed E-state index contributed by atoms with van der Waals surface area (Å²) in [4.78, 5) is 20.3. The van der Waals surface area contributed by atoms with Crippen molar-refractivity contribution in [3.05, 3.63) is 18.1 Å². The van der Waals surface area contributed by atoms with Gasteiger partial charge in [0.25, 0.3) is 5.91 Å². The number of anilines is 1. The van der Waals surface area contributed by atoms with Crippen LogP contribution < -0.4 is 10.6 Å². The summed E-state index contributed by atoms with van der Waals surface area (Å²) in [5.41, 5.74) is 0.362. The average molecular weight is 280 g/mol. The highest BCUT2D eigenvalue weighted by atomic mass is 32.2. The Morgan fingerprint density at radius 3 is 2.79 bits per heavy atom. The van der Waals surface area contributed by atoms with E-state index in [1.807, 2.05) is 11.8 Å². The summed E-state index contributed by atoms with van der Waals surface area (Å²) in [6.07, 6.45) is 10.1. The predicted octanol–water partition coefficient (Wildman–Crippen LogP) is 1.92. The fraction of sp³-hybridized carbons (Fsp3) is 0.615. The van der Waals surface area contributed by atoms with Crippen LogP contribution >= 0.6 is 11.8 Å². The summed E-state index contributed by atoms with van der Waals surface area (Å²) >= 11 is 1.86. The minimum atomic E-state index is -0.148. The molecule has 0 unspecified atom stereocenters. The van der Waals surface area contributed by atoms with Crippen LogP contribution in [-0.2, 0) is 0 Å². The molecule has 1 amide bonds. The van der Waals surface area contributed by atoms with Gasteiger partial charge in [0.1, 0.15) is 11.5 Å². The van der Waals surface area contributed by atoms with Crippen LogP contribution in [0.2, 0.25) is 0 Å². The second-order valence-electron chi connectivity index (χ2n) is 4.82. The molecule has 1 saturated carbocycles. The number of carbonyl (C=O) groups is 1. The maximum Gasteiger partial charge on any atom is 0.271 e. The Labute approximate surface area is 118 Å². The lowest BCUT2D eigenvalue weighted by Gasteiger charge is -2.26. The largest absolute Gasteiger partial charge is 0.372 e. The predicted molar refractivity (Wildman–Crippen MR) is 78.6 cm³/mol. The highest BCUT2D eigenvalue weighted by Gasteiger charge is 2.33. The van der Waals surface area contributed by atoms with E-state index in [2.05, 4.69) is 26.9 Å². The molecular weight excluding hydrogens is 260 g/mol. The molecule has 1 aliphatic rings. The summed E-state index contributed by atoms with van der Waals surface area (Å²) in [5, 5.41) is 5.87. The van der Waals surface area contributed by atoms with Crippen molar-refractivity contribution in [1.82, 2.24) is 15.3 Å². The topological polar surface area (TPSA) is 66.9 Å². The molecule has 1 heterocycles. The van der Waals surface area contributed by atoms with Crippen molar-refractivity contribution >= 4 is 23.5 Å². The van der Waals surface area contributed by atoms with Crippen molar-refractivity contribution in [2.75, 3.05) is 25.2 Å². The average Bonchev–Trinajstić information content (AvgIpc) is 2.94. The third-order valence-electron chi connectivity index (χ3n) is 3.64. The molecule has 0 spiro atoms. The molecule has 0 radical (unpaired) electrons. The first-order valence-electron chi connectivity index (χ1n) is 6.52. The Morgan fingerprint density at radius 2 is 2.16 bits per heavy atom. The summed E-state index contributed by atoms with van der Waals surface area (Å²) in [6, 6.07) is 0. The van der Waals surface area contributed by atoms with Gasteiger partial charge in [-0.05, 0) is 19.1 Å². The van der Waals surface area contributed by atoms with Gasteiger partial charge in [0.2, 0.25) is 0 Å². The molecule has 0 saturated heterocycles. The van der Waals surface area contributed by atoms with Crippen molar-refractivity contribution in [3.63, 3.8) is 0 Å². The van der Waals surface area contributed by atoms with Crippen LogP contribution in [-0.4, -0.2) is 40.5 Å². The molecule has 6 heteroatoms. The normalized spacial score (nSPS) is 17.2. The molecule has 1 aromatic heterocycles. The SMILES string of the molecule is CNc1cncc(C(=O)NCC2(SC)CCCC2)n1. The Bertz CT molecular complexity index is 446. The van der Waals surface area contributed by atoms with Crippen molar-refractivity contribution < 1.29 is 4.79 Å². The number of carbonyl (C=O) groups excluding carboxylic acids is 1. The number of rotatable bonds is 5. The van der Waals surface area contributed by atoms with Gasteiger partial charge in [0, 0.05) is 18.3 Å². The van der Waals surface area contributed by atoms with Crippen LogP contribution in [0, 0.1) is 0 Å². The van der Waals surface area contributed by atoms with E-state index in [4.69, 9.17) is 0 Å². The molecule has 0 bridgehead atoms. The lowest BCUT2D eigenvalue weighted by molar-refractivity contribution is 0.0944. The van der Waals surface area contributed by atoms with Gasteiger partial charge in [-0.25, -0.2) is 4.98 Å². The smallest absolute Gasteiger partial charge is 0.271 e. The van der Waals surface area contributed by atoms with Crippen LogP contribution in [0.1, 0.15) is 36.2 Å². The zero-order valence-electron chi connectivity index (χ0n) is 11.4. The first-order chi connectivity index (χ1) is 9.19. The van der Waals surface area contributed by atoms with Crippen LogP contribution in [0.25, 0.3) is 0 Å². The summed E-state index contributed by atoms with van der Waals surface area (Å²) in [6.45, 7) is 0.707. The number of thioether (sulfide) groups is 1. The zero-order valence-corrected chi connectivity index (χ0v) is 12.2. The molecule has 2 N–H and O–H groups in total. The van der Waals surface area contributed by atoms with Crippen LogP contribution in [0.5, 0.6) is 0 Å². The molecule has 2 rings (SSSR count). The van der Waals surface area contributed by atoms with Gasteiger partial charge in [-0.3, -0.25) is 9.78 Å². The molecule has 1 aromatic rings. The second kappa shape index (κ2) is 6.23. The number of amides is 1. The quantitative estimate of drug-likeness (QED) is 0.862. The molecule has 0 aliphatic heterocycles. The Kier molecular flexibility index (Phi) is 4.63. The number of nitrogens with one attached hydrogen (secondary N) is 2. The number of aromatic nitrogens is 2. The minimum Gasteiger partial charge on any atom is -0.372 e. The van der Waals surface area contributed by atoms with Gasteiger partial charge in [0.15, 0.2) is 0 Å². The maximum atomic E-state index is 12.1. The fourth-order valence-corrected chi connectivity index (χ4v) is 3.31. The van der Waals surface area contributed by atoms with Gasteiger partial charge in [-0.15, -0.1) is 0 Å². The zero-order chi connectivity index (χ0) is 13.7. The molecular formula is C13H20N4OS. The van der Waals surface area contributed by atoms with Crippen LogP contribution in [0.15, 0.2) is 12.4 Å². The monoisotopic (exact) mass is 280 g/mol. The first kappa shape index (κ1) is 14.1. The number of hydrogen-bond acceptors (Lipinski definition) is 5. The van der Waals surface area contributed by atoms with Gasteiger partial charge >= 0.3 is 0 Å². The van der Waals surface area contributed by atoms with Crippen molar-refractivity contribution in [1.29, 1.82) is 0 Å². The standard InChI is InChI=1S/C13H20N4OS/c1-14-11-8-15-7-10(17-11)12(18)16-9-13(19-2)5-3-4-6-13/h7-8H,3-6,9H2,1-2H3,(H,14,17)(H,16,18). The van der Waals surface area contributed by atoms with Crippen molar-refractivity contribution in [3.8, 4) is 0 Å². The fourth-order valence-electron chi connectivity index (χ4n) is 2.40. The van der Waals surface area contributed by atoms with E-state index in [9.17, 15) is 4.79 Å². The molecule has 5 nitrogen and oxygen atoms in total. The highest BCUT2D eigenvalue weighted by molar-refractivity contribution is 8.00. The van der Waals surface area contributed by atoms with E-state index in [-0.39, 0.29) is 10.7 Å². The third kappa shape index (κ3) is 3.37. The number of hydrogen-bond donors (Lipinski definition) is 2. The lowest BCUT2D eigenvalue weighted by Crippen LogP contribution is -2.38. The van der Waals surface area contributed by atoms with E-state index in [0.717, 1.165) is 0 Å². The Morgan fingerprint density at radius 1 is 1.42 bits per heavy atom. The van der Waals surface area contributed by atoms with Gasteiger partial charge < -0.3 is 10.6 Å². The van der Waals surface area contributed by atoms with Gasteiger partial charge in [-0.1, -0.05) is 12.8 Å². The van der Waals surface area contributed by atoms with Gasteiger partial charge in [-0.2, -0.15) is 11.8 Å². The van der Waals surface area contributed by atoms with E-state index in [1.54, 1.807) is 13.2 Å². The van der Waals surface area contributed by atoms with E-state index >= 15 is 0 Å². The van der Waals surface area contributed by atoms with E-state index in [1.165, 1.54) is 31.9 Å².